The molecule has 0 aliphatic rings. The number of anilines is 1. The molecular weight excluding hydrogens is 276 g/mol. The number of aryl methyl sites for hydroxylation is 1. The first-order valence-corrected chi connectivity index (χ1v) is 6.68. The summed E-state index contributed by atoms with van der Waals surface area (Å²) in [5, 5.41) is 18.0. The molecule has 0 aliphatic carbocycles. The molecule has 0 spiro atoms. The fourth-order valence-corrected chi connectivity index (χ4v) is 2.35. The van der Waals surface area contributed by atoms with E-state index in [4.69, 9.17) is 0 Å². The number of aromatic amines is 1. The fraction of sp³-hybridized carbons (Fsp3) is 0.0833. The van der Waals surface area contributed by atoms with Crippen LogP contribution in [0, 0.1) is 6.92 Å². The van der Waals surface area contributed by atoms with Crippen molar-refractivity contribution in [2.45, 2.75) is 6.92 Å². The number of carbonyl (C=O) groups excluding carboxylic acids is 1. The van der Waals surface area contributed by atoms with E-state index in [1.54, 1.807) is 5.38 Å². The van der Waals surface area contributed by atoms with Crippen molar-refractivity contribution in [3.05, 3.63) is 41.0 Å². The summed E-state index contributed by atoms with van der Waals surface area (Å²) in [6.07, 6.45) is 0. The van der Waals surface area contributed by atoms with Crippen LogP contribution >= 0.6 is 11.3 Å². The van der Waals surface area contributed by atoms with Gasteiger partial charge in [-0.1, -0.05) is 29.8 Å². The van der Waals surface area contributed by atoms with E-state index < -0.39 is 5.91 Å². The van der Waals surface area contributed by atoms with E-state index in [1.165, 1.54) is 16.9 Å². The highest BCUT2D eigenvalue weighted by Crippen LogP contribution is 2.26. The van der Waals surface area contributed by atoms with Gasteiger partial charge in [-0.15, -0.1) is 21.5 Å². The van der Waals surface area contributed by atoms with Gasteiger partial charge in [-0.2, -0.15) is 5.21 Å². The summed E-state index contributed by atoms with van der Waals surface area (Å²) in [6, 6.07) is 8.04. The summed E-state index contributed by atoms with van der Waals surface area (Å²) < 4.78 is 0. The normalized spacial score (nSPS) is 10.4. The highest BCUT2D eigenvalue weighted by molar-refractivity contribution is 7.13. The van der Waals surface area contributed by atoms with E-state index in [0.29, 0.717) is 5.82 Å². The maximum atomic E-state index is 11.7. The zero-order chi connectivity index (χ0) is 13.9. The first-order chi connectivity index (χ1) is 9.72. The van der Waals surface area contributed by atoms with E-state index in [1.807, 2.05) is 31.2 Å². The molecule has 0 saturated heterocycles. The minimum Gasteiger partial charge on any atom is -0.303 e. The molecule has 3 rings (SSSR count). The molecule has 8 heteroatoms. The molecule has 20 heavy (non-hydrogen) atoms. The van der Waals surface area contributed by atoms with Crippen LogP contribution in [0.15, 0.2) is 29.6 Å². The van der Waals surface area contributed by atoms with E-state index in [2.05, 4.69) is 30.9 Å². The lowest BCUT2D eigenvalue weighted by molar-refractivity contribution is 0.101. The maximum Gasteiger partial charge on any atom is 0.298 e. The van der Waals surface area contributed by atoms with Crippen molar-refractivity contribution < 1.29 is 4.79 Å². The second-order valence-corrected chi connectivity index (χ2v) is 4.95. The van der Waals surface area contributed by atoms with Gasteiger partial charge in [-0.3, -0.25) is 4.79 Å². The van der Waals surface area contributed by atoms with Crippen molar-refractivity contribution in [3.63, 3.8) is 0 Å². The summed E-state index contributed by atoms with van der Waals surface area (Å²) in [7, 11) is 0. The molecule has 2 heterocycles. The summed E-state index contributed by atoms with van der Waals surface area (Å²) in [5.74, 6) is 0.00904. The molecule has 100 valence electrons. The number of tetrazole rings is 1. The maximum absolute atomic E-state index is 11.7. The first kappa shape index (κ1) is 12.4. The van der Waals surface area contributed by atoms with Gasteiger partial charge in [0.05, 0.1) is 0 Å². The molecule has 0 saturated carbocycles. The predicted molar refractivity (Wildman–Crippen MR) is 74.4 cm³/mol. The number of benzene rings is 1. The largest absolute Gasteiger partial charge is 0.303 e. The molecule has 0 aliphatic heterocycles. The number of aromatic nitrogens is 5. The van der Waals surface area contributed by atoms with Crippen molar-refractivity contribution in [2.24, 2.45) is 0 Å². The molecule has 1 aromatic carbocycles. The minimum atomic E-state index is -0.445. The molecule has 7 nitrogen and oxygen atoms in total. The van der Waals surface area contributed by atoms with Crippen LogP contribution in [0.1, 0.15) is 16.2 Å². The summed E-state index contributed by atoms with van der Waals surface area (Å²) in [5.41, 5.74) is 2.21. The topological polar surface area (TPSA) is 96.5 Å². The van der Waals surface area contributed by atoms with Crippen molar-refractivity contribution in [1.29, 1.82) is 0 Å². The van der Waals surface area contributed by atoms with Gasteiger partial charge in [0.15, 0.2) is 0 Å². The Bertz CT molecular complexity index is 719. The van der Waals surface area contributed by atoms with Crippen LogP contribution in [0.4, 0.5) is 5.82 Å². The van der Waals surface area contributed by atoms with Gasteiger partial charge in [-0.05, 0) is 12.1 Å². The van der Waals surface area contributed by atoms with Crippen LogP contribution in [0.25, 0.3) is 10.6 Å². The Morgan fingerprint density at radius 3 is 2.80 bits per heavy atom. The Morgan fingerprint density at radius 1 is 1.30 bits per heavy atom. The van der Waals surface area contributed by atoms with Crippen molar-refractivity contribution in [1.82, 2.24) is 25.6 Å². The molecule has 0 fully saturated rings. The smallest absolute Gasteiger partial charge is 0.298 e. The molecule has 3 aromatic rings. The van der Waals surface area contributed by atoms with Gasteiger partial charge < -0.3 is 5.32 Å². The van der Waals surface area contributed by atoms with Gasteiger partial charge in [-0.25, -0.2) is 4.98 Å². The molecule has 0 atom stereocenters. The number of hydrogen-bond donors (Lipinski definition) is 2. The zero-order valence-corrected chi connectivity index (χ0v) is 11.3. The van der Waals surface area contributed by atoms with Crippen molar-refractivity contribution >= 4 is 23.1 Å². The lowest BCUT2D eigenvalue weighted by Gasteiger charge is -1.98. The highest BCUT2D eigenvalue weighted by Gasteiger charge is 2.13. The third-order valence-corrected chi connectivity index (χ3v) is 3.48. The Morgan fingerprint density at radius 2 is 2.10 bits per heavy atom. The molecular formula is C12H10N6OS. The van der Waals surface area contributed by atoms with Crippen LogP contribution in [0.3, 0.4) is 0 Å². The summed E-state index contributed by atoms with van der Waals surface area (Å²) in [6.45, 7) is 2.03. The zero-order valence-electron chi connectivity index (χ0n) is 10.5. The Balaban J connectivity index is 1.77. The lowest BCUT2D eigenvalue weighted by Crippen LogP contribution is -2.14. The van der Waals surface area contributed by atoms with Gasteiger partial charge in [0.1, 0.15) is 10.8 Å². The van der Waals surface area contributed by atoms with E-state index in [0.717, 1.165) is 10.6 Å². The minimum absolute atomic E-state index is 0.0186. The van der Waals surface area contributed by atoms with Gasteiger partial charge in [0.2, 0.25) is 0 Å². The Kier molecular flexibility index (Phi) is 3.21. The third kappa shape index (κ3) is 2.54. The van der Waals surface area contributed by atoms with E-state index in [9.17, 15) is 4.79 Å². The Hall–Kier alpha value is -2.61. The third-order valence-electron chi connectivity index (χ3n) is 2.59. The van der Waals surface area contributed by atoms with Crippen LogP contribution in [0.2, 0.25) is 0 Å². The van der Waals surface area contributed by atoms with Crippen LogP contribution < -0.4 is 5.32 Å². The summed E-state index contributed by atoms with van der Waals surface area (Å²) >= 11 is 1.46. The number of nitrogens with zero attached hydrogens (tertiary/aromatic N) is 4. The van der Waals surface area contributed by atoms with Crippen molar-refractivity contribution in [2.75, 3.05) is 5.32 Å². The van der Waals surface area contributed by atoms with Gasteiger partial charge in [0.25, 0.3) is 11.7 Å². The molecule has 1 amide bonds. The number of rotatable bonds is 3. The lowest BCUT2D eigenvalue weighted by atomic mass is 10.2. The number of nitrogens with one attached hydrogen (secondary N) is 2. The average Bonchev–Trinajstić information content (AvgIpc) is 3.10. The highest BCUT2D eigenvalue weighted by atomic mass is 32.1. The molecule has 2 N–H and O–H groups in total. The van der Waals surface area contributed by atoms with Crippen LogP contribution in [0.5, 0.6) is 0 Å². The molecule has 0 radical (unpaired) electrons. The Labute approximate surface area is 118 Å². The van der Waals surface area contributed by atoms with Crippen LogP contribution in [-0.2, 0) is 0 Å². The second kappa shape index (κ2) is 5.17. The monoisotopic (exact) mass is 286 g/mol. The van der Waals surface area contributed by atoms with E-state index in [-0.39, 0.29) is 5.82 Å². The quantitative estimate of drug-likeness (QED) is 0.766. The number of hydrogen-bond acceptors (Lipinski definition) is 6. The number of H-pyrrole nitrogens is 1. The number of carbonyl (C=O) groups is 1. The molecule has 0 bridgehead atoms. The SMILES string of the molecule is Cc1ccc(-c2nc(NC(=O)c3nn[nH]n3)cs2)cc1. The second-order valence-electron chi connectivity index (χ2n) is 4.09. The van der Waals surface area contributed by atoms with Gasteiger partial charge >= 0.3 is 0 Å². The van der Waals surface area contributed by atoms with E-state index >= 15 is 0 Å². The van der Waals surface area contributed by atoms with Gasteiger partial charge in [0, 0.05) is 10.9 Å². The van der Waals surface area contributed by atoms with Crippen molar-refractivity contribution in [3.8, 4) is 10.6 Å². The number of thiazole rings is 1. The molecule has 0 unspecified atom stereocenters. The average molecular weight is 286 g/mol. The summed E-state index contributed by atoms with van der Waals surface area (Å²) in [4.78, 5) is 16.1. The number of amides is 1. The fourth-order valence-electron chi connectivity index (χ4n) is 1.59. The standard InChI is InChI=1S/C12H10N6OS/c1-7-2-4-8(5-3-7)12-14-9(6-20-12)13-11(19)10-15-17-18-16-10/h2-6H,1H3,(H,13,19)(H,15,16,17,18). The van der Waals surface area contributed by atoms with Crippen LogP contribution in [-0.4, -0.2) is 31.5 Å². The first-order valence-electron chi connectivity index (χ1n) is 5.80. The predicted octanol–water partition coefficient (Wildman–Crippen LogP) is 1.88. The molecule has 2 aromatic heterocycles.